The van der Waals surface area contributed by atoms with Gasteiger partial charge >= 0.3 is 0 Å². The van der Waals surface area contributed by atoms with Gasteiger partial charge in [-0.05, 0) is 66.7 Å². The summed E-state index contributed by atoms with van der Waals surface area (Å²) in [7, 11) is 0. The molecule has 2 aromatic heterocycles. The first kappa shape index (κ1) is 22.8. The number of hydrogen-bond donors (Lipinski definition) is 0. The zero-order chi connectivity index (χ0) is 24.3. The molecule has 0 fully saturated rings. The van der Waals surface area contributed by atoms with Crippen LogP contribution in [-0.4, -0.2) is 9.38 Å². The summed E-state index contributed by atoms with van der Waals surface area (Å²) in [5.74, 6) is 0. The van der Waals surface area contributed by atoms with Crippen LogP contribution in [0.4, 0.5) is 0 Å². The van der Waals surface area contributed by atoms with E-state index in [1.807, 2.05) is 0 Å². The fraction of sp³-hybridized carbons (Fsp3) is 0.265. The van der Waals surface area contributed by atoms with Crippen molar-refractivity contribution in [2.24, 2.45) is 0 Å². The lowest BCUT2D eigenvalue weighted by Crippen LogP contribution is -2.00. The predicted octanol–water partition coefficient (Wildman–Crippen LogP) is 9.86. The van der Waals surface area contributed by atoms with Gasteiger partial charge in [0.1, 0.15) is 5.65 Å². The summed E-state index contributed by atoms with van der Waals surface area (Å²) in [5, 5.41) is 3.73. The number of allylic oxidation sites excluding steroid dienone is 3. The Balaban J connectivity index is 1.63. The summed E-state index contributed by atoms with van der Waals surface area (Å²) < 4.78 is 2.40. The normalized spacial score (nSPS) is 14.3. The molecule has 180 valence electrons. The molecule has 6 rings (SSSR count). The Morgan fingerprint density at radius 1 is 0.861 bits per heavy atom. The van der Waals surface area contributed by atoms with Crippen LogP contribution in [-0.2, 0) is 0 Å². The molecule has 0 radical (unpaired) electrons. The Kier molecular flexibility index (Phi) is 6.42. The van der Waals surface area contributed by atoms with E-state index in [1.54, 1.807) is 0 Å². The van der Waals surface area contributed by atoms with Crippen molar-refractivity contribution in [3.63, 3.8) is 0 Å². The number of aromatic nitrogens is 2. The molecule has 2 heterocycles. The summed E-state index contributed by atoms with van der Waals surface area (Å²) in [6.07, 6.45) is 19.1. The molecule has 0 amide bonds. The highest BCUT2D eigenvalue weighted by molar-refractivity contribution is 6.12. The zero-order valence-corrected chi connectivity index (χ0v) is 21.2. The van der Waals surface area contributed by atoms with Gasteiger partial charge in [0.25, 0.3) is 0 Å². The Morgan fingerprint density at radius 2 is 1.69 bits per heavy atom. The molecule has 0 bridgehead atoms. The summed E-state index contributed by atoms with van der Waals surface area (Å²) in [6, 6.07) is 24.3. The molecule has 0 saturated carbocycles. The van der Waals surface area contributed by atoms with Crippen molar-refractivity contribution in [2.75, 3.05) is 0 Å². The third-order valence-electron chi connectivity index (χ3n) is 7.63. The largest absolute Gasteiger partial charge is 0.292 e. The molecule has 0 atom stereocenters. The van der Waals surface area contributed by atoms with Gasteiger partial charge in [-0.3, -0.25) is 4.40 Å². The molecule has 0 spiro atoms. The number of imidazole rings is 1. The second-order valence-electron chi connectivity index (χ2n) is 10.0. The lowest BCUT2D eigenvalue weighted by molar-refractivity contribution is 0.730. The SMILES string of the molecule is CCCCCC=Cc1cccc(C2=CCCCC2)c1-c1cnc2c3ccccc3c3ccccc3n12. The smallest absolute Gasteiger partial charge is 0.145 e. The molecule has 0 saturated heterocycles. The Bertz CT molecular complexity index is 1600. The van der Waals surface area contributed by atoms with Gasteiger partial charge in [-0.2, -0.15) is 0 Å². The minimum Gasteiger partial charge on any atom is -0.292 e. The third kappa shape index (κ3) is 4.05. The first-order valence-corrected chi connectivity index (χ1v) is 13.6. The van der Waals surface area contributed by atoms with Crippen LogP contribution < -0.4 is 0 Å². The van der Waals surface area contributed by atoms with E-state index in [9.17, 15) is 0 Å². The van der Waals surface area contributed by atoms with Crippen molar-refractivity contribution in [1.29, 1.82) is 0 Å². The average molecular weight is 471 g/mol. The van der Waals surface area contributed by atoms with Crippen LogP contribution in [0.25, 0.3) is 50.2 Å². The Labute approximate surface area is 214 Å². The number of unbranched alkanes of at least 4 members (excludes halogenated alkanes) is 3. The maximum absolute atomic E-state index is 5.04. The van der Waals surface area contributed by atoms with Crippen LogP contribution in [0, 0.1) is 0 Å². The van der Waals surface area contributed by atoms with E-state index >= 15 is 0 Å². The minimum absolute atomic E-state index is 1.03. The molecule has 0 aliphatic heterocycles. The number of hydrogen-bond acceptors (Lipinski definition) is 1. The van der Waals surface area contributed by atoms with Gasteiger partial charge in [-0.15, -0.1) is 0 Å². The van der Waals surface area contributed by atoms with Crippen LogP contribution in [0.3, 0.4) is 0 Å². The van der Waals surface area contributed by atoms with E-state index < -0.39 is 0 Å². The lowest BCUT2D eigenvalue weighted by atomic mass is 9.87. The zero-order valence-electron chi connectivity index (χ0n) is 21.2. The van der Waals surface area contributed by atoms with Crippen LogP contribution in [0.2, 0.25) is 0 Å². The summed E-state index contributed by atoms with van der Waals surface area (Å²) >= 11 is 0. The molecular formula is C34H34N2. The van der Waals surface area contributed by atoms with Gasteiger partial charge in [0.2, 0.25) is 0 Å². The van der Waals surface area contributed by atoms with Gasteiger partial charge in [-0.25, -0.2) is 4.98 Å². The van der Waals surface area contributed by atoms with Crippen molar-refractivity contribution in [3.05, 3.63) is 96.2 Å². The highest BCUT2D eigenvalue weighted by atomic mass is 15.0. The van der Waals surface area contributed by atoms with E-state index in [1.165, 1.54) is 88.2 Å². The van der Waals surface area contributed by atoms with Gasteiger partial charge in [0.15, 0.2) is 0 Å². The second-order valence-corrected chi connectivity index (χ2v) is 10.0. The van der Waals surface area contributed by atoms with Crippen molar-refractivity contribution >= 4 is 39.0 Å². The molecule has 0 N–H and O–H groups in total. The maximum Gasteiger partial charge on any atom is 0.145 e. The first-order valence-electron chi connectivity index (χ1n) is 13.6. The van der Waals surface area contributed by atoms with E-state index in [0.717, 1.165) is 18.5 Å². The van der Waals surface area contributed by atoms with Crippen molar-refractivity contribution in [2.45, 2.75) is 58.3 Å². The summed E-state index contributed by atoms with van der Waals surface area (Å²) in [4.78, 5) is 5.04. The fourth-order valence-corrected chi connectivity index (χ4v) is 5.84. The van der Waals surface area contributed by atoms with Gasteiger partial charge in [-0.1, -0.05) is 98.7 Å². The first-order chi connectivity index (χ1) is 17.9. The molecule has 3 aromatic carbocycles. The number of rotatable bonds is 7. The molecule has 5 aromatic rings. The molecule has 1 aliphatic rings. The summed E-state index contributed by atoms with van der Waals surface area (Å²) in [5.41, 5.74) is 8.87. The van der Waals surface area contributed by atoms with Crippen LogP contribution in [0.15, 0.2) is 85.1 Å². The van der Waals surface area contributed by atoms with Crippen molar-refractivity contribution in [1.82, 2.24) is 9.38 Å². The van der Waals surface area contributed by atoms with Crippen molar-refractivity contribution < 1.29 is 0 Å². The van der Waals surface area contributed by atoms with E-state index in [-0.39, 0.29) is 0 Å². The Morgan fingerprint density at radius 3 is 2.53 bits per heavy atom. The minimum atomic E-state index is 1.03. The molecular weight excluding hydrogens is 436 g/mol. The number of fused-ring (bicyclic) bond motifs is 6. The average Bonchev–Trinajstić information content (AvgIpc) is 3.39. The highest BCUT2D eigenvalue weighted by Crippen LogP contribution is 2.40. The van der Waals surface area contributed by atoms with Crippen LogP contribution in [0.5, 0.6) is 0 Å². The molecule has 1 aliphatic carbocycles. The number of benzene rings is 3. The quantitative estimate of drug-likeness (QED) is 0.171. The number of pyridine rings is 1. The maximum atomic E-state index is 5.04. The number of para-hydroxylation sites is 1. The molecule has 2 heteroatoms. The predicted molar refractivity (Wildman–Crippen MR) is 155 cm³/mol. The fourth-order valence-electron chi connectivity index (χ4n) is 5.84. The summed E-state index contributed by atoms with van der Waals surface area (Å²) in [6.45, 7) is 2.27. The topological polar surface area (TPSA) is 17.3 Å². The number of nitrogens with zero attached hydrogens (tertiary/aromatic N) is 2. The van der Waals surface area contributed by atoms with Crippen molar-refractivity contribution in [3.8, 4) is 11.3 Å². The lowest BCUT2D eigenvalue weighted by Gasteiger charge is -2.19. The second kappa shape index (κ2) is 10.1. The van der Waals surface area contributed by atoms with E-state index in [2.05, 4.69) is 102 Å². The van der Waals surface area contributed by atoms with Crippen LogP contribution in [0.1, 0.15) is 69.4 Å². The molecule has 2 nitrogen and oxygen atoms in total. The van der Waals surface area contributed by atoms with Gasteiger partial charge in [0.05, 0.1) is 17.4 Å². The van der Waals surface area contributed by atoms with E-state index in [0.29, 0.717) is 0 Å². The standard InChI is InChI=1S/C34H34N2/c1-2-3-4-5-7-17-26-18-14-22-27(25-15-8-6-9-16-25)33(26)32-24-35-34-30-21-11-10-19-28(30)29-20-12-13-23-31(29)36(32)34/h7,10-15,17-24H,2-6,8-9,16H2,1H3. The monoisotopic (exact) mass is 470 g/mol. The molecule has 36 heavy (non-hydrogen) atoms. The van der Waals surface area contributed by atoms with Gasteiger partial charge < -0.3 is 0 Å². The Hall–Kier alpha value is -3.65. The van der Waals surface area contributed by atoms with Crippen LogP contribution >= 0.6 is 0 Å². The van der Waals surface area contributed by atoms with Gasteiger partial charge in [0, 0.05) is 16.3 Å². The highest BCUT2D eigenvalue weighted by Gasteiger charge is 2.20. The third-order valence-corrected chi connectivity index (χ3v) is 7.63. The molecule has 0 unspecified atom stereocenters. The van der Waals surface area contributed by atoms with E-state index in [4.69, 9.17) is 4.98 Å².